The fraction of sp³-hybridized carbons (Fsp3) is 0.429. The number of ether oxygens (including phenoxy) is 1. The zero-order chi connectivity index (χ0) is 16.9. The van der Waals surface area contributed by atoms with Crippen LogP contribution in [0, 0.1) is 0 Å². The molecule has 4 rings (SSSR count). The molecule has 4 heteroatoms. The van der Waals surface area contributed by atoms with Crippen molar-refractivity contribution in [2.75, 3.05) is 44.3 Å². The van der Waals surface area contributed by atoms with Gasteiger partial charge in [0.05, 0.1) is 24.6 Å². The Morgan fingerprint density at radius 3 is 2.04 bits per heavy atom. The van der Waals surface area contributed by atoms with E-state index in [0.717, 1.165) is 32.8 Å². The number of unbranched alkanes of at least 4 members (excludes halogenated alkanes) is 2. The standard InChI is InChI=1S/C21H26N2OS/c1(6-12-22-14-16-24-17-15-22)7-13-23-18-8-2-4-10-20(18)25-21-11-5-3-9-19(21)23/h2-5,8-11H,1,6-7,12-17H2. The van der Waals surface area contributed by atoms with E-state index in [-0.39, 0.29) is 0 Å². The Hall–Kier alpha value is -1.49. The van der Waals surface area contributed by atoms with Crippen molar-refractivity contribution in [1.29, 1.82) is 0 Å². The highest BCUT2D eigenvalue weighted by atomic mass is 32.2. The summed E-state index contributed by atoms with van der Waals surface area (Å²) in [6.45, 7) is 6.32. The summed E-state index contributed by atoms with van der Waals surface area (Å²) in [6.07, 6.45) is 3.80. The predicted molar refractivity (Wildman–Crippen MR) is 105 cm³/mol. The number of rotatable bonds is 6. The van der Waals surface area contributed by atoms with Crippen LogP contribution in [0.3, 0.4) is 0 Å². The highest BCUT2D eigenvalue weighted by Crippen LogP contribution is 2.47. The minimum Gasteiger partial charge on any atom is -0.379 e. The molecule has 0 saturated carbocycles. The first-order valence-corrected chi connectivity index (χ1v) is 10.2. The van der Waals surface area contributed by atoms with E-state index in [9.17, 15) is 0 Å². The Morgan fingerprint density at radius 1 is 0.760 bits per heavy atom. The molecule has 2 heterocycles. The molecule has 25 heavy (non-hydrogen) atoms. The molecule has 2 aliphatic heterocycles. The Kier molecular flexibility index (Phi) is 5.60. The minimum atomic E-state index is 0.902. The van der Waals surface area contributed by atoms with Crippen molar-refractivity contribution < 1.29 is 4.74 Å². The summed E-state index contributed by atoms with van der Waals surface area (Å²) in [4.78, 5) is 7.78. The molecule has 0 bridgehead atoms. The number of morpholine rings is 1. The van der Waals surface area contributed by atoms with Crippen LogP contribution in [0.5, 0.6) is 0 Å². The van der Waals surface area contributed by atoms with Gasteiger partial charge in [-0.1, -0.05) is 42.4 Å². The van der Waals surface area contributed by atoms with Gasteiger partial charge in [-0.3, -0.25) is 4.90 Å². The number of para-hydroxylation sites is 2. The Labute approximate surface area is 155 Å². The lowest BCUT2D eigenvalue weighted by atomic mass is 10.1. The van der Waals surface area contributed by atoms with Crippen LogP contribution >= 0.6 is 11.8 Å². The van der Waals surface area contributed by atoms with Gasteiger partial charge in [0, 0.05) is 29.4 Å². The third-order valence-electron chi connectivity index (χ3n) is 4.99. The lowest BCUT2D eigenvalue weighted by Gasteiger charge is -2.33. The summed E-state index contributed by atoms with van der Waals surface area (Å²) in [6, 6.07) is 17.6. The Balaban J connectivity index is 1.35. The molecule has 0 amide bonds. The second kappa shape index (κ2) is 8.26. The van der Waals surface area contributed by atoms with Crippen LogP contribution in [0.1, 0.15) is 19.3 Å². The first-order chi connectivity index (χ1) is 12.4. The third-order valence-corrected chi connectivity index (χ3v) is 6.12. The smallest absolute Gasteiger partial charge is 0.0594 e. The van der Waals surface area contributed by atoms with Crippen molar-refractivity contribution in [3.8, 4) is 0 Å². The molecule has 0 unspecified atom stereocenters. The second-order valence-electron chi connectivity index (χ2n) is 6.70. The number of nitrogens with zero attached hydrogens (tertiary/aromatic N) is 2. The van der Waals surface area contributed by atoms with E-state index in [0.29, 0.717) is 0 Å². The van der Waals surface area contributed by atoms with Crippen molar-refractivity contribution in [2.45, 2.75) is 29.1 Å². The van der Waals surface area contributed by atoms with Gasteiger partial charge >= 0.3 is 0 Å². The van der Waals surface area contributed by atoms with Crippen LogP contribution < -0.4 is 4.90 Å². The monoisotopic (exact) mass is 354 g/mol. The Bertz CT molecular complexity index is 654. The van der Waals surface area contributed by atoms with Crippen molar-refractivity contribution in [3.63, 3.8) is 0 Å². The highest BCUT2D eigenvalue weighted by Gasteiger charge is 2.22. The number of anilines is 2. The van der Waals surface area contributed by atoms with Gasteiger partial charge in [-0.25, -0.2) is 0 Å². The van der Waals surface area contributed by atoms with Crippen LogP contribution in [0.2, 0.25) is 0 Å². The van der Waals surface area contributed by atoms with Crippen molar-refractivity contribution in [2.24, 2.45) is 0 Å². The molecule has 3 nitrogen and oxygen atoms in total. The molecule has 2 aromatic rings. The summed E-state index contributed by atoms with van der Waals surface area (Å²) >= 11 is 1.89. The number of benzene rings is 2. The lowest BCUT2D eigenvalue weighted by Crippen LogP contribution is -2.36. The maximum atomic E-state index is 5.42. The van der Waals surface area contributed by atoms with Gasteiger partial charge < -0.3 is 9.64 Å². The summed E-state index contributed by atoms with van der Waals surface area (Å²) < 4.78 is 5.42. The number of hydrogen-bond donors (Lipinski definition) is 0. The van der Waals surface area contributed by atoms with Crippen LogP contribution in [0.25, 0.3) is 0 Å². The molecule has 2 aromatic carbocycles. The zero-order valence-corrected chi connectivity index (χ0v) is 15.5. The molecule has 2 aliphatic rings. The number of hydrogen-bond acceptors (Lipinski definition) is 4. The van der Waals surface area contributed by atoms with E-state index in [4.69, 9.17) is 4.74 Å². The van der Waals surface area contributed by atoms with E-state index in [1.54, 1.807) is 0 Å². The molecule has 0 atom stereocenters. The fourth-order valence-electron chi connectivity index (χ4n) is 3.63. The van der Waals surface area contributed by atoms with Crippen LogP contribution in [-0.4, -0.2) is 44.3 Å². The van der Waals surface area contributed by atoms with E-state index >= 15 is 0 Å². The van der Waals surface area contributed by atoms with Crippen LogP contribution in [0.4, 0.5) is 11.4 Å². The van der Waals surface area contributed by atoms with E-state index in [2.05, 4.69) is 58.3 Å². The van der Waals surface area contributed by atoms with Gasteiger partial charge in [-0.15, -0.1) is 0 Å². The zero-order valence-electron chi connectivity index (χ0n) is 14.7. The van der Waals surface area contributed by atoms with Gasteiger partial charge in [0.2, 0.25) is 0 Å². The number of fused-ring (bicyclic) bond motifs is 2. The normalized spacial score (nSPS) is 17.2. The molecule has 0 spiro atoms. The molecular formula is C21H26N2OS. The third kappa shape index (κ3) is 4.02. The first-order valence-electron chi connectivity index (χ1n) is 9.35. The summed E-state index contributed by atoms with van der Waals surface area (Å²) in [5, 5.41) is 0. The topological polar surface area (TPSA) is 15.7 Å². The highest BCUT2D eigenvalue weighted by molar-refractivity contribution is 7.99. The summed E-state index contributed by atoms with van der Waals surface area (Å²) in [5.74, 6) is 0. The van der Waals surface area contributed by atoms with Crippen molar-refractivity contribution >= 4 is 23.1 Å². The van der Waals surface area contributed by atoms with Crippen LogP contribution in [-0.2, 0) is 4.74 Å². The molecule has 0 radical (unpaired) electrons. The quantitative estimate of drug-likeness (QED) is 0.693. The maximum Gasteiger partial charge on any atom is 0.0594 e. The molecule has 1 saturated heterocycles. The van der Waals surface area contributed by atoms with Gasteiger partial charge in [0.1, 0.15) is 0 Å². The van der Waals surface area contributed by atoms with E-state index in [1.807, 2.05) is 11.8 Å². The molecule has 132 valence electrons. The average molecular weight is 355 g/mol. The fourth-order valence-corrected chi connectivity index (χ4v) is 4.72. The van der Waals surface area contributed by atoms with Gasteiger partial charge in [0.15, 0.2) is 0 Å². The molecule has 0 N–H and O–H groups in total. The lowest BCUT2D eigenvalue weighted by molar-refractivity contribution is 0.0371. The molecule has 0 aromatic heterocycles. The Morgan fingerprint density at radius 2 is 1.36 bits per heavy atom. The largest absolute Gasteiger partial charge is 0.379 e. The van der Waals surface area contributed by atoms with E-state index in [1.165, 1.54) is 47.0 Å². The molecule has 0 aliphatic carbocycles. The van der Waals surface area contributed by atoms with Gasteiger partial charge in [-0.2, -0.15) is 0 Å². The van der Waals surface area contributed by atoms with Crippen molar-refractivity contribution in [3.05, 3.63) is 48.5 Å². The average Bonchev–Trinajstić information content (AvgIpc) is 2.68. The first kappa shape index (κ1) is 17.0. The summed E-state index contributed by atoms with van der Waals surface area (Å²) in [5.41, 5.74) is 2.72. The minimum absolute atomic E-state index is 0.902. The van der Waals surface area contributed by atoms with E-state index < -0.39 is 0 Å². The SMILES string of the molecule is c1ccc2c(c1)Sc1ccccc1N2CCCCCN1CCOCC1. The summed E-state index contributed by atoms with van der Waals surface area (Å²) in [7, 11) is 0. The van der Waals surface area contributed by atoms with Gasteiger partial charge in [0.25, 0.3) is 0 Å². The van der Waals surface area contributed by atoms with Gasteiger partial charge in [-0.05, 0) is 43.7 Å². The predicted octanol–water partition coefficient (Wildman–Crippen LogP) is 4.79. The van der Waals surface area contributed by atoms with Crippen molar-refractivity contribution in [1.82, 2.24) is 4.90 Å². The maximum absolute atomic E-state index is 5.42. The van der Waals surface area contributed by atoms with Crippen LogP contribution in [0.15, 0.2) is 58.3 Å². The second-order valence-corrected chi connectivity index (χ2v) is 7.79. The molecule has 1 fully saturated rings. The molecular weight excluding hydrogens is 328 g/mol.